The molecule has 0 radical (unpaired) electrons. The van der Waals surface area contributed by atoms with Gasteiger partial charge in [-0.25, -0.2) is 27.7 Å². The van der Waals surface area contributed by atoms with Crippen LogP contribution in [-0.2, 0) is 51.4 Å². The van der Waals surface area contributed by atoms with Crippen molar-refractivity contribution < 1.29 is 66.1 Å². The summed E-state index contributed by atoms with van der Waals surface area (Å²) < 4.78 is 57.3. The van der Waals surface area contributed by atoms with Gasteiger partial charge in [-0.1, -0.05) is 69.7 Å². The number of imidazole rings is 1. The maximum absolute atomic E-state index is 15.3. The second-order valence-corrected chi connectivity index (χ2v) is 20.2. The van der Waals surface area contributed by atoms with E-state index in [1.54, 1.807) is 48.9 Å². The van der Waals surface area contributed by atoms with E-state index in [2.05, 4.69) is 26.6 Å². The second kappa shape index (κ2) is 33.0. The van der Waals surface area contributed by atoms with Crippen molar-refractivity contribution in [3.05, 3.63) is 120 Å². The number of alkyl halides is 1. The Morgan fingerprint density at radius 2 is 1.57 bits per heavy atom. The topological polar surface area (TPSA) is 286 Å². The highest BCUT2D eigenvalue weighted by molar-refractivity contribution is 6.12. The van der Waals surface area contributed by atoms with E-state index in [1.807, 2.05) is 37.3 Å². The van der Waals surface area contributed by atoms with Gasteiger partial charge in [0.05, 0.1) is 24.3 Å². The summed E-state index contributed by atoms with van der Waals surface area (Å²) in [5.41, 5.74) is 6.53. The molecule has 6 rings (SSSR count). The maximum atomic E-state index is 15.3. The van der Waals surface area contributed by atoms with Crippen LogP contribution in [0.2, 0.25) is 0 Å². The average Bonchev–Trinajstić information content (AvgIpc) is 4.21. The molecule has 4 aromatic rings. The fraction of sp³-hybridized carbons (Fsp3) is 0.466. The second-order valence-electron chi connectivity index (χ2n) is 20.2. The molecular formula is C58H75F3N10O11. The number of nitrogens with one attached hydrogen (secondary N) is 5. The van der Waals surface area contributed by atoms with Gasteiger partial charge in [0.15, 0.2) is 0 Å². The number of nitrogens with zero attached hydrogens (tertiary/aromatic N) is 4. The number of halogens is 3. The highest BCUT2D eigenvalue weighted by Crippen LogP contribution is 2.38. The Bertz CT molecular complexity index is 2790. The largest absolute Gasteiger partial charge is 0.445 e. The number of rotatable bonds is 28. The van der Waals surface area contributed by atoms with Crippen molar-refractivity contribution in [3.8, 4) is 11.3 Å². The fourth-order valence-corrected chi connectivity index (χ4v) is 9.08. The van der Waals surface area contributed by atoms with Gasteiger partial charge in [0.1, 0.15) is 42.9 Å². The Hall–Kier alpha value is -8.12. The van der Waals surface area contributed by atoms with Gasteiger partial charge in [-0.15, -0.1) is 0 Å². The predicted octanol–water partition coefficient (Wildman–Crippen LogP) is 5.95. The van der Waals surface area contributed by atoms with Crippen molar-refractivity contribution in [2.75, 3.05) is 51.4 Å². The number of primary amides is 1. The summed E-state index contributed by atoms with van der Waals surface area (Å²) in [6.07, 6.45) is 5.14. The van der Waals surface area contributed by atoms with Crippen molar-refractivity contribution in [2.45, 2.75) is 116 Å². The minimum atomic E-state index is -1.49. The lowest BCUT2D eigenvalue weighted by molar-refractivity contribution is -0.144. The van der Waals surface area contributed by atoms with E-state index in [0.29, 0.717) is 68.9 Å². The molecule has 1 aromatic heterocycles. The molecule has 2 aliphatic heterocycles. The van der Waals surface area contributed by atoms with Gasteiger partial charge in [0.2, 0.25) is 17.7 Å². The Morgan fingerprint density at radius 3 is 2.20 bits per heavy atom. The Balaban J connectivity index is 0.00000165. The van der Waals surface area contributed by atoms with Crippen LogP contribution in [0.25, 0.3) is 11.3 Å². The van der Waals surface area contributed by atoms with Gasteiger partial charge in [-0.2, -0.15) is 0 Å². The average molecular weight is 1150 g/mol. The van der Waals surface area contributed by atoms with Crippen LogP contribution in [-0.4, -0.2) is 136 Å². The number of nitrogens with two attached hydrogens (primary N) is 1. The van der Waals surface area contributed by atoms with E-state index in [1.165, 1.54) is 24.0 Å². The molecule has 24 heteroatoms. The number of amides is 9. The molecule has 0 aliphatic carbocycles. The number of benzene rings is 3. The van der Waals surface area contributed by atoms with E-state index in [9.17, 15) is 52.2 Å². The molecule has 0 bridgehead atoms. The van der Waals surface area contributed by atoms with Crippen molar-refractivity contribution >= 4 is 53.3 Å². The number of aliphatic hydroxyl groups excluding tert-OH is 1. The zero-order valence-electron chi connectivity index (χ0n) is 46.7. The molecule has 3 unspecified atom stereocenters. The molecule has 3 aromatic carbocycles. The zero-order valence-corrected chi connectivity index (χ0v) is 46.7. The molecule has 82 heavy (non-hydrogen) atoms. The normalized spacial score (nSPS) is 14.7. The third-order valence-corrected chi connectivity index (χ3v) is 13.4. The predicted molar refractivity (Wildman–Crippen MR) is 298 cm³/mol. The van der Waals surface area contributed by atoms with Crippen LogP contribution in [0.15, 0.2) is 91.1 Å². The number of carbonyl (C=O) groups excluding carboxylic acids is 8. The van der Waals surface area contributed by atoms with Gasteiger partial charge in [0, 0.05) is 75.4 Å². The standard InChI is InChI=1S/C54H65F3N8O10.C4H10N2O/c1-34(2)49(62-45(67)12-8-5-9-24-64-47(69)19-20-48(64)70)52(71)58-30-46(68)59-40-16-13-37(14-17-40)33-75-54(73)60-41(29-55)21-25-65(53(72)35(3)66)50(38-22-26-74-27-23-38)51-61-44(42-28-39(56)15-18-43(42)57)32-63(51)31-36-10-6-4-7-11-36;1-2-3-6-4(5)7/h4,6-7,10-11,13-20,28,32,34-35,38,41,49-50,66H,5,8-9,12,21-27,29-31,33H2,1-3H3,(H,58,71)(H,59,68)(H,60,73)(H,62,67);2-3H2,1H3,(H3,5,6,7)/t35-,41?,49?,50?;/m0./s1. The number of anilines is 1. The molecule has 444 valence electrons. The summed E-state index contributed by atoms with van der Waals surface area (Å²) in [6.45, 7) is 6.91. The van der Waals surface area contributed by atoms with Crippen LogP contribution in [0.3, 0.4) is 0 Å². The SMILES string of the molecule is CC(C)C(NC(=O)CCCCCN1C(=O)C=CC1=O)C(=O)NCC(=O)Nc1ccc(COC(=O)NC(CF)CCN(C(=O)[C@H](C)O)C(c2nc(-c3cc(F)ccc3F)cn2Cc2ccccc2)C2CCOCC2)cc1.CCCNC(N)=O. The Kier molecular flexibility index (Phi) is 26.0. The molecule has 2 aliphatic rings. The van der Waals surface area contributed by atoms with Gasteiger partial charge in [-0.3, -0.25) is 33.7 Å². The van der Waals surface area contributed by atoms with Crippen LogP contribution in [0, 0.1) is 23.5 Å². The first-order chi connectivity index (χ1) is 39.3. The molecule has 4 atom stereocenters. The van der Waals surface area contributed by atoms with Crippen LogP contribution in [0.4, 0.5) is 28.4 Å². The Labute approximate surface area is 474 Å². The zero-order chi connectivity index (χ0) is 59.7. The Morgan fingerprint density at radius 1 is 0.878 bits per heavy atom. The van der Waals surface area contributed by atoms with E-state index < -0.39 is 72.4 Å². The number of hydrogen-bond acceptors (Lipinski definition) is 12. The molecule has 3 heterocycles. The van der Waals surface area contributed by atoms with Gasteiger partial charge < -0.3 is 56.4 Å². The lowest BCUT2D eigenvalue weighted by Gasteiger charge is -2.39. The lowest BCUT2D eigenvalue weighted by atomic mass is 9.89. The third kappa shape index (κ3) is 20.5. The monoisotopic (exact) mass is 1140 g/mol. The first-order valence-corrected chi connectivity index (χ1v) is 27.4. The number of alkyl carbamates (subject to hydrolysis) is 1. The smallest absolute Gasteiger partial charge is 0.407 e. The van der Waals surface area contributed by atoms with E-state index >= 15 is 4.39 Å². The summed E-state index contributed by atoms with van der Waals surface area (Å²) in [5.74, 6) is -4.44. The highest BCUT2D eigenvalue weighted by atomic mass is 19.1. The van der Waals surface area contributed by atoms with E-state index in [-0.39, 0.29) is 86.4 Å². The van der Waals surface area contributed by atoms with Gasteiger partial charge in [0.25, 0.3) is 17.7 Å². The number of carbonyl (C=O) groups is 8. The molecular weight excluding hydrogens is 1070 g/mol. The molecule has 9 amide bonds. The van der Waals surface area contributed by atoms with Crippen molar-refractivity contribution in [2.24, 2.45) is 17.6 Å². The van der Waals surface area contributed by atoms with Crippen molar-refractivity contribution in [1.29, 1.82) is 0 Å². The van der Waals surface area contributed by atoms with Gasteiger partial charge >= 0.3 is 12.1 Å². The quantitative estimate of drug-likeness (QED) is 0.0257. The molecule has 0 spiro atoms. The number of urea groups is 1. The van der Waals surface area contributed by atoms with Crippen molar-refractivity contribution in [3.63, 3.8) is 0 Å². The maximum Gasteiger partial charge on any atom is 0.407 e. The van der Waals surface area contributed by atoms with Crippen LogP contribution in [0.5, 0.6) is 0 Å². The minimum absolute atomic E-state index is 0.0842. The fourth-order valence-electron chi connectivity index (χ4n) is 9.08. The number of aliphatic hydroxyl groups is 1. The summed E-state index contributed by atoms with van der Waals surface area (Å²) in [6, 6.07) is 15.4. The van der Waals surface area contributed by atoms with Gasteiger partial charge in [-0.05, 0) is 98.7 Å². The number of hydrogen-bond donors (Lipinski definition) is 7. The number of ether oxygens (including phenoxy) is 2. The van der Waals surface area contributed by atoms with Crippen LogP contribution in [0.1, 0.15) is 102 Å². The molecule has 8 N–H and O–H groups in total. The summed E-state index contributed by atoms with van der Waals surface area (Å²) in [5, 5.41) is 23.6. The lowest BCUT2D eigenvalue weighted by Crippen LogP contribution is -2.51. The molecule has 0 saturated carbocycles. The molecule has 1 saturated heterocycles. The number of unbranched alkanes of at least 4 members (excludes halogenated alkanes) is 2. The highest BCUT2D eigenvalue weighted by Gasteiger charge is 2.39. The number of aromatic nitrogens is 2. The van der Waals surface area contributed by atoms with Crippen LogP contribution >= 0.6 is 0 Å². The molecule has 21 nitrogen and oxygen atoms in total. The van der Waals surface area contributed by atoms with Crippen LogP contribution < -0.4 is 32.3 Å². The van der Waals surface area contributed by atoms with Crippen molar-refractivity contribution in [1.82, 2.24) is 40.6 Å². The first kappa shape index (κ1) is 64.7. The summed E-state index contributed by atoms with van der Waals surface area (Å²) in [4.78, 5) is 106. The number of imide groups is 1. The van der Waals surface area contributed by atoms with E-state index in [0.717, 1.165) is 35.1 Å². The summed E-state index contributed by atoms with van der Waals surface area (Å²) in [7, 11) is 0. The summed E-state index contributed by atoms with van der Waals surface area (Å²) >= 11 is 0. The first-order valence-electron chi connectivity index (χ1n) is 27.4. The van der Waals surface area contributed by atoms with E-state index in [4.69, 9.17) is 20.2 Å². The third-order valence-electron chi connectivity index (χ3n) is 13.4. The molecule has 1 fully saturated rings. The minimum Gasteiger partial charge on any atom is -0.445 e.